The molecular weight excluding hydrogens is 396 g/mol. The highest BCUT2D eigenvalue weighted by Gasteiger charge is 2.45. The molecule has 1 atom stereocenters. The van der Waals surface area contributed by atoms with Crippen LogP contribution < -0.4 is 5.73 Å². The van der Waals surface area contributed by atoms with Gasteiger partial charge in [0.05, 0.1) is 30.8 Å². The van der Waals surface area contributed by atoms with E-state index in [4.69, 9.17) is 10.5 Å². The van der Waals surface area contributed by atoms with Gasteiger partial charge in [0.15, 0.2) is 5.78 Å². The molecule has 1 fully saturated rings. The first-order valence-electron chi connectivity index (χ1n) is 10.3. The van der Waals surface area contributed by atoms with Crippen molar-refractivity contribution in [2.75, 3.05) is 32.6 Å². The van der Waals surface area contributed by atoms with E-state index < -0.39 is 5.92 Å². The van der Waals surface area contributed by atoms with E-state index in [2.05, 4.69) is 24.9 Å². The number of nitrogens with two attached hydrogens (primary N) is 1. The SMILES string of the molecule is CSc1ccc(C2C(C#N)=C(N)N(N3CCOCC3)C3=C2C(=O)CC(C)(C)C3)cc1. The molecule has 1 aliphatic carbocycles. The lowest BCUT2D eigenvalue weighted by molar-refractivity contribution is -0.119. The fourth-order valence-electron chi connectivity index (χ4n) is 4.70. The molecule has 4 rings (SSSR count). The highest BCUT2D eigenvalue weighted by atomic mass is 32.2. The average Bonchev–Trinajstić information content (AvgIpc) is 2.73. The standard InChI is InChI=1S/C23H28N4O2S/c1-23(2)12-18-21(19(28)13-23)20(15-4-6-16(30-3)7-5-15)17(14-24)22(25)27(18)26-8-10-29-11-9-26/h4-7,20H,8-13,25H2,1-3H3. The van der Waals surface area contributed by atoms with Gasteiger partial charge in [-0.1, -0.05) is 26.0 Å². The Kier molecular flexibility index (Phi) is 5.67. The Morgan fingerprint density at radius 3 is 2.47 bits per heavy atom. The van der Waals surface area contributed by atoms with Crippen LogP contribution in [0.3, 0.4) is 0 Å². The largest absolute Gasteiger partial charge is 0.383 e. The molecule has 0 amide bonds. The zero-order chi connectivity index (χ0) is 21.5. The first-order valence-corrected chi connectivity index (χ1v) is 11.5. The molecule has 0 saturated carbocycles. The van der Waals surface area contributed by atoms with E-state index in [0.29, 0.717) is 44.1 Å². The first-order chi connectivity index (χ1) is 14.4. The zero-order valence-electron chi connectivity index (χ0n) is 17.8. The van der Waals surface area contributed by atoms with Gasteiger partial charge in [-0.3, -0.25) is 9.80 Å². The molecule has 2 aliphatic heterocycles. The molecule has 1 unspecified atom stereocenters. The van der Waals surface area contributed by atoms with Crippen LogP contribution in [-0.2, 0) is 9.53 Å². The molecule has 0 aromatic heterocycles. The normalized spacial score (nSPS) is 24.7. The van der Waals surface area contributed by atoms with Crippen LogP contribution in [0.4, 0.5) is 0 Å². The Balaban J connectivity index is 1.89. The van der Waals surface area contributed by atoms with Gasteiger partial charge in [0.25, 0.3) is 0 Å². The lowest BCUT2D eigenvalue weighted by Crippen LogP contribution is -2.53. The number of rotatable bonds is 3. The number of carbonyl (C=O) groups is 1. The molecule has 1 saturated heterocycles. The van der Waals surface area contributed by atoms with Gasteiger partial charge in [-0.15, -0.1) is 11.8 Å². The van der Waals surface area contributed by atoms with Crippen LogP contribution in [0.1, 0.15) is 38.2 Å². The summed E-state index contributed by atoms with van der Waals surface area (Å²) in [6, 6.07) is 10.4. The summed E-state index contributed by atoms with van der Waals surface area (Å²) in [6.45, 7) is 6.80. The highest BCUT2D eigenvalue weighted by molar-refractivity contribution is 7.98. The van der Waals surface area contributed by atoms with Crippen molar-refractivity contribution in [3.8, 4) is 6.07 Å². The van der Waals surface area contributed by atoms with Crippen LogP contribution >= 0.6 is 11.8 Å². The second-order valence-electron chi connectivity index (χ2n) is 8.80. The van der Waals surface area contributed by atoms with Gasteiger partial charge in [-0.2, -0.15) is 5.26 Å². The van der Waals surface area contributed by atoms with E-state index in [1.807, 2.05) is 35.5 Å². The van der Waals surface area contributed by atoms with Crippen molar-refractivity contribution in [2.45, 2.75) is 37.5 Å². The van der Waals surface area contributed by atoms with Gasteiger partial charge in [0.2, 0.25) is 0 Å². The average molecular weight is 425 g/mol. The fraction of sp³-hybridized carbons (Fsp3) is 0.478. The summed E-state index contributed by atoms with van der Waals surface area (Å²) in [5.41, 5.74) is 9.54. The van der Waals surface area contributed by atoms with Gasteiger partial charge < -0.3 is 10.5 Å². The number of nitrogens with zero attached hydrogens (tertiary/aromatic N) is 3. The molecule has 0 bridgehead atoms. The summed E-state index contributed by atoms with van der Waals surface area (Å²) < 4.78 is 5.51. The third-order valence-electron chi connectivity index (χ3n) is 6.07. The summed E-state index contributed by atoms with van der Waals surface area (Å²) in [5.74, 6) is 0.128. The van der Waals surface area contributed by atoms with E-state index in [1.165, 1.54) is 0 Å². The molecule has 1 aromatic carbocycles. The quantitative estimate of drug-likeness (QED) is 0.745. The Labute approximate surface area is 182 Å². The summed E-state index contributed by atoms with van der Waals surface area (Å²) in [5, 5.41) is 14.2. The number of ether oxygens (including phenoxy) is 1. The zero-order valence-corrected chi connectivity index (χ0v) is 18.6. The van der Waals surface area contributed by atoms with Gasteiger partial charge in [-0.25, -0.2) is 5.01 Å². The number of morpholine rings is 1. The Bertz CT molecular complexity index is 952. The molecule has 30 heavy (non-hydrogen) atoms. The van der Waals surface area contributed by atoms with Crippen molar-refractivity contribution < 1.29 is 9.53 Å². The lowest BCUT2D eigenvalue weighted by atomic mass is 9.69. The van der Waals surface area contributed by atoms with Crippen LogP contribution in [0.15, 0.2) is 51.8 Å². The van der Waals surface area contributed by atoms with Crippen molar-refractivity contribution in [3.05, 3.63) is 52.5 Å². The summed E-state index contributed by atoms with van der Waals surface area (Å²) >= 11 is 1.67. The molecule has 0 radical (unpaired) electrons. The number of nitriles is 1. The summed E-state index contributed by atoms with van der Waals surface area (Å²) in [6.07, 6.45) is 3.24. The predicted molar refractivity (Wildman–Crippen MR) is 117 cm³/mol. The molecule has 6 nitrogen and oxygen atoms in total. The molecule has 3 aliphatic rings. The van der Waals surface area contributed by atoms with Crippen LogP contribution in [0.5, 0.6) is 0 Å². The van der Waals surface area contributed by atoms with E-state index in [0.717, 1.165) is 28.1 Å². The second-order valence-corrected chi connectivity index (χ2v) is 9.68. The second kappa shape index (κ2) is 8.10. The third-order valence-corrected chi connectivity index (χ3v) is 6.82. The summed E-state index contributed by atoms with van der Waals surface area (Å²) in [7, 11) is 0. The van der Waals surface area contributed by atoms with Gasteiger partial charge in [0.1, 0.15) is 5.82 Å². The Morgan fingerprint density at radius 2 is 1.87 bits per heavy atom. The number of benzene rings is 1. The maximum absolute atomic E-state index is 13.4. The van der Waals surface area contributed by atoms with E-state index in [-0.39, 0.29) is 11.2 Å². The van der Waals surface area contributed by atoms with Gasteiger partial charge in [0, 0.05) is 35.7 Å². The molecule has 7 heteroatoms. The Morgan fingerprint density at radius 1 is 1.20 bits per heavy atom. The molecule has 2 N–H and O–H groups in total. The van der Waals surface area contributed by atoms with Crippen LogP contribution in [0.2, 0.25) is 0 Å². The van der Waals surface area contributed by atoms with E-state index in [9.17, 15) is 10.1 Å². The summed E-state index contributed by atoms with van der Waals surface area (Å²) in [4.78, 5) is 14.6. The molecular formula is C23H28N4O2S. The predicted octanol–water partition coefficient (Wildman–Crippen LogP) is 3.39. The topological polar surface area (TPSA) is 82.6 Å². The van der Waals surface area contributed by atoms with Crippen molar-refractivity contribution in [2.24, 2.45) is 11.1 Å². The molecule has 0 spiro atoms. The third kappa shape index (κ3) is 3.64. The van der Waals surface area contributed by atoms with Gasteiger partial charge in [-0.05, 0) is 35.8 Å². The van der Waals surface area contributed by atoms with E-state index >= 15 is 0 Å². The molecule has 2 heterocycles. The maximum Gasteiger partial charge on any atom is 0.162 e. The van der Waals surface area contributed by atoms with Gasteiger partial charge >= 0.3 is 0 Å². The monoisotopic (exact) mass is 424 g/mol. The van der Waals surface area contributed by atoms with Crippen LogP contribution in [0, 0.1) is 16.7 Å². The minimum Gasteiger partial charge on any atom is -0.383 e. The van der Waals surface area contributed by atoms with Crippen molar-refractivity contribution in [1.82, 2.24) is 10.0 Å². The van der Waals surface area contributed by atoms with E-state index in [1.54, 1.807) is 11.8 Å². The number of thioether (sulfide) groups is 1. The van der Waals surface area contributed by atoms with Crippen molar-refractivity contribution in [3.63, 3.8) is 0 Å². The number of carbonyl (C=O) groups excluding carboxylic acids is 1. The highest BCUT2D eigenvalue weighted by Crippen LogP contribution is 2.49. The molecule has 158 valence electrons. The van der Waals surface area contributed by atoms with Crippen molar-refractivity contribution >= 4 is 17.5 Å². The van der Waals surface area contributed by atoms with Crippen LogP contribution in [0.25, 0.3) is 0 Å². The number of Topliss-reactive ketones (excluding diaryl/α,β-unsaturated/α-hetero) is 1. The minimum atomic E-state index is -0.415. The number of hydrogen-bond acceptors (Lipinski definition) is 7. The fourth-order valence-corrected chi connectivity index (χ4v) is 5.11. The number of hydrazine groups is 1. The lowest BCUT2D eigenvalue weighted by Gasteiger charge is -2.48. The smallest absolute Gasteiger partial charge is 0.162 e. The first kappa shape index (κ1) is 21.0. The number of allylic oxidation sites excluding steroid dienone is 3. The minimum absolute atomic E-state index is 0.110. The maximum atomic E-state index is 13.4. The molecule has 1 aromatic rings. The van der Waals surface area contributed by atoms with Crippen LogP contribution in [-0.4, -0.2) is 48.4 Å². The number of hydrogen-bond donors (Lipinski definition) is 1. The number of ketones is 1. The Hall–Kier alpha value is -2.27. The van der Waals surface area contributed by atoms with Crippen molar-refractivity contribution in [1.29, 1.82) is 5.26 Å².